The number of rotatable bonds is 1. The largest absolute Gasteiger partial charge is 0.351 e. The van der Waals surface area contributed by atoms with E-state index in [0.29, 0.717) is 15.6 Å². The zero-order valence-corrected chi connectivity index (χ0v) is 13.9. The standard InChI is InChI=1S/C13H12BrFN6.ClH/c14-8-5-11-10(6-9(8)15)18-12(13-19-17-7-21(11)13)20-3-1-16-2-4-20;/h5-7,16H,1-4H2;1H. The van der Waals surface area contributed by atoms with E-state index in [1.165, 1.54) is 6.07 Å². The van der Waals surface area contributed by atoms with Crippen molar-refractivity contribution >= 4 is 50.8 Å². The van der Waals surface area contributed by atoms with Crippen molar-refractivity contribution < 1.29 is 4.39 Å². The normalized spacial score (nSPS) is 15.3. The average molecular weight is 388 g/mol. The van der Waals surface area contributed by atoms with Gasteiger partial charge in [0, 0.05) is 32.2 Å². The first-order chi connectivity index (χ1) is 10.2. The maximum atomic E-state index is 13.8. The van der Waals surface area contributed by atoms with Crippen LogP contribution in [-0.4, -0.2) is 45.8 Å². The van der Waals surface area contributed by atoms with E-state index in [1.807, 2.05) is 4.40 Å². The van der Waals surface area contributed by atoms with Gasteiger partial charge in [-0.3, -0.25) is 4.40 Å². The monoisotopic (exact) mass is 386 g/mol. The van der Waals surface area contributed by atoms with Crippen LogP contribution in [-0.2, 0) is 0 Å². The Morgan fingerprint density at radius 1 is 1.23 bits per heavy atom. The lowest BCUT2D eigenvalue weighted by atomic mass is 10.2. The van der Waals surface area contributed by atoms with Crippen molar-refractivity contribution in [1.29, 1.82) is 0 Å². The molecule has 0 bridgehead atoms. The molecule has 0 saturated carbocycles. The topological polar surface area (TPSA) is 58.4 Å². The van der Waals surface area contributed by atoms with E-state index in [-0.39, 0.29) is 18.2 Å². The molecule has 1 saturated heterocycles. The van der Waals surface area contributed by atoms with Crippen LogP contribution >= 0.6 is 28.3 Å². The number of anilines is 1. The number of hydrogen-bond acceptors (Lipinski definition) is 5. The summed E-state index contributed by atoms with van der Waals surface area (Å²) in [7, 11) is 0. The van der Waals surface area contributed by atoms with E-state index in [2.05, 4.69) is 41.3 Å². The predicted octanol–water partition coefficient (Wildman–Crippen LogP) is 2.01. The van der Waals surface area contributed by atoms with Gasteiger partial charge in [0.15, 0.2) is 5.82 Å². The van der Waals surface area contributed by atoms with Gasteiger partial charge in [-0.15, -0.1) is 22.6 Å². The third kappa shape index (κ3) is 2.41. The maximum absolute atomic E-state index is 13.8. The molecule has 22 heavy (non-hydrogen) atoms. The number of hydrogen-bond donors (Lipinski definition) is 1. The summed E-state index contributed by atoms with van der Waals surface area (Å²) >= 11 is 3.21. The number of halogens is 3. The van der Waals surface area contributed by atoms with Crippen LogP contribution in [0.25, 0.3) is 16.7 Å². The van der Waals surface area contributed by atoms with E-state index < -0.39 is 0 Å². The highest BCUT2D eigenvalue weighted by atomic mass is 79.9. The van der Waals surface area contributed by atoms with E-state index in [9.17, 15) is 4.39 Å². The molecule has 1 fully saturated rings. The second-order valence-electron chi connectivity index (χ2n) is 4.95. The molecule has 0 amide bonds. The molecule has 9 heteroatoms. The first-order valence-corrected chi connectivity index (χ1v) is 7.47. The first kappa shape index (κ1) is 15.4. The highest BCUT2D eigenvalue weighted by molar-refractivity contribution is 9.10. The number of nitrogens with zero attached hydrogens (tertiary/aromatic N) is 5. The Morgan fingerprint density at radius 3 is 2.77 bits per heavy atom. The number of fused-ring (bicyclic) bond motifs is 3. The molecule has 3 aromatic rings. The van der Waals surface area contributed by atoms with Gasteiger partial charge in [0.2, 0.25) is 5.65 Å². The van der Waals surface area contributed by atoms with Crippen molar-refractivity contribution in [2.75, 3.05) is 31.1 Å². The van der Waals surface area contributed by atoms with Gasteiger partial charge < -0.3 is 10.2 Å². The molecule has 2 aromatic heterocycles. The van der Waals surface area contributed by atoms with Crippen LogP contribution in [0, 0.1) is 5.82 Å². The lowest BCUT2D eigenvalue weighted by Crippen LogP contribution is -2.44. The molecule has 0 unspecified atom stereocenters. The van der Waals surface area contributed by atoms with Gasteiger partial charge in [-0.2, -0.15) is 0 Å². The van der Waals surface area contributed by atoms with Crippen molar-refractivity contribution in [1.82, 2.24) is 24.9 Å². The van der Waals surface area contributed by atoms with Crippen LogP contribution in [0.4, 0.5) is 10.2 Å². The maximum Gasteiger partial charge on any atom is 0.204 e. The van der Waals surface area contributed by atoms with Crippen LogP contribution in [0.3, 0.4) is 0 Å². The third-order valence-corrected chi connectivity index (χ3v) is 4.28. The zero-order valence-electron chi connectivity index (χ0n) is 11.5. The van der Waals surface area contributed by atoms with E-state index in [4.69, 9.17) is 0 Å². The number of piperazine rings is 1. The molecular weight excluding hydrogens is 375 g/mol. The van der Waals surface area contributed by atoms with Crippen LogP contribution in [0.2, 0.25) is 0 Å². The van der Waals surface area contributed by atoms with Crippen molar-refractivity contribution in [2.24, 2.45) is 0 Å². The molecule has 116 valence electrons. The lowest BCUT2D eigenvalue weighted by molar-refractivity contribution is 0.585. The van der Waals surface area contributed by atoms with Crippen molar-refractivity contribution in [3.8, 4) is 0 Å². The van der Waals surface area contributed by atoms with Crippen LogP contribution < -0.4 is 10.2 Å². The second kappa shape index (κ2) is 5.94. The Balaban J connectivity index is 0.00000144. The minimum Gasteiger partial charge on any atom is -0.351 e. The Hall–Kier alpha value is -1.51. The second-order valence-corrected chi connectivity index (χ2v) is 5.81. The third-order valence-electron chi connectivity index (χ3n) is 3.67. The van der Waals surface area contributed by atoms with Gasteiger partial charge in [0.25, 0.3) is 0 Å². The van der Waals surface area contributed by atoms with Crippen LogP contribution in [0.5, 0.6) is 0 Å². The van der Waals surface area contributed by atoms with Crippen molar-refractivity contribution in [3.63, 3.8) is 0 Å². The molecule has 3 heterocycles. The molecule has 6 nitrogen and oxygen atoms in total. The Kier molecular flexibility index (Phi) is 4.16. The van der Waals surface area contributed by atoms with Gasteiger partial charge in [-0.1, -0.05) is 0 Å². The quantitative estimate of drug-likeness (QED) is 0.692. The summed E-state index contributed by atoms with van der Waals surface area (Å²) in [5, 5.41) is 11.5. The highest BCUT2D eigenvalue weighted by Gasteiger charge is 2.19. The number of nitrogens with one attached hydrogen (secondary N) is 1. The summed E-state index contributed by atoms with van der Waals surface area (Å²) in [5.74, 6) is 0.428. The molecule has 1 aromatic carbocycles. The molecule has 1 aliphatic rings. The highest BCUT2D eigenvalue weighted by Crippen LogP contribution is 2.27. The minimum absolute atomic E-state index is 0. The fourth-order valence-corrected chi connectivity index (χ4v) is 2.96. The van der Waals surface area contributed by atoms with Gasteiger partial charge in [-0.25, -0.2) is 9.37 Å². The smallest absolute Gasteiger partial charge is 0.204 e. The van der Waals surface area contributed by atoms with Crippen molar-refractivity contribution in [2.45, 2.75) is 0 Å². The van der Waals surface area contributed by atoms with Crippen LogP contribution in [0.15, 0.2) is 22.9 Å². The predicted molar refractivity (Wildman–Crippen MR) is 88.3 cm³/mol. The molecular formula is C13H13BrClFN6. The van der Waals surface area contributed by atoms with Gasteiger partial charge in [-0.05, 0) is 22.0 Å². The van der Waals surface area contributed by atoms with Gasteiger partial charge in [0.1, 0.15) is 12.1 Å². The SMILES string of the molecule is Cl.Fc1cc2nc(N3CCNCC3)c3nncn3c2cc1Br. The molecule has 4 rings (SSSR count). The van der Waals surface area contributed by atoms with E-state index in [1.54, 1.807) is 12.4 Å². The molecule has 0 spiro atoms. The average Bonchev–Trinajstić information content (AvgIpc) is 2.99. The summed E-state index contributed by atoms with van der Waals surface area (Å²) in [5.41, 5.74) is 2.07. The molecule has 0 aliphatic carbocycles. The van der Waals surface area contributed by atoms with E-state index >= 15 is 0 Å². The molecule has 1 N–H and O–H groups in total. The summed E-state index contributed by atoms with van der Waals surface area (Å²) in [6.07, 6.45) is 1.63. The molecule has 0 atom stereocenters. The Bertz CT molecular complexity index is 832. The zero-order chi connectivity index (χ0) is 14.4. The fraction of sp³-hybridized carbons (Fsp3) is 0.308. The lowest BCUT2D eigenvalue weighted by Gasteiger charge is -2.28. The Labute approximate surface area is 140 Å². The molecule has 1 aliphatic heterocycles. The van der Waals surface area contributed by atoms with Gasteiger partial charge in [0.05, 0.1) is 15.5 Å². The fourth-order valence-electron chi connectivity index (χ4n) is 2.62. The van der Waals surface area contributed by atoms with Crippen molar-refractivity contribution in [3.05, 3.63) is 28.7 Å². The van der Waals surface area contributed by atoms with Crippen LogP contribution in [0.1, 0.15) is 0 Å². The number of aromatic nitrogens is 4. The summed E-state index contributed by atoms with van der Waals surface area (Å²) in [4.78, 5) is 6.77. The summed E-state index contributed by atoms with van der Waals surface area (Å²) < 4.78 is 16.1. The summed E-state index contributed by atoms with van der Waals surface area (Å²) in [6, 6.07) is 3.14. The summed E-state index contributed by atoms with van der Waals surface area (Å²) in [6.45, 7) is 3.49. The minimum atomic E-state index is -0.325. The number of benzene rings is 1. The first-order valence-electron chi connectivity index (χ1n) is 6.68. The molecule has 0 radical (unpaired) electrons. The Morgan fingerprint density at radius 2 is 2.00 bits per heavy atom. The van der Waals surface area contributed by atoms with Gasteiger partial charge >= 0.3 is 0 Å². The van der Waals surface area contributed by atoms with E-state index in [0.717, 1.165) is 37.5 Å².